The summed E-state index contributed by atoms with van der Waals surface area (Å²) in [5.41, 5.74) is 0. The summed E-state index contributed by atoms with van der Waals surface area (Å²) in [7, 11) is 0. The van der Waals surface area contributed by atoms with Gasteiger partial charge in [0.15, 0.2) is 5.89 Å². The monoisotopic (exact) mass is 248 g/mol. The number of piperidine rings is 1. The Morgan fingerprint density at radius 2 is 2.17 bits per heavy atom. The first-order valence-electron chi connectivity index (χ1n) is 6.24. The average Bonchev–Trinajstić information content (AvgIpc) is 3.10. The highest BCUT2D eigenvalue weighted by Crippen LogP contribution is 2.26. The molecule has 0 N–H and O–H groups in total. The molecular weight excluding hydrogens is 232 g/mol. The first kappa shape index (κ1) is 11.3. The molecular formula is C11H16N6O. The van der Waals surface area contributed by atoms with Crippen LogP contribution in [-0.4, -0.2) is 49.7 Å². The van der Waals surface area contributed by atoms with Gasteiger partial charge in [0, 0.05) is 12.5 Å². The number of oxazole rings is 1. The van der Waals surface area contributed by atoms with Crippen molar-refractivity contribution < 1.29 is 4.42 Å². The fourth-order valence-corrected chi connectivity index (χ4v) is 2.37. The molecule has 1 aliphatic heterocycles. The fourth-order valence-electron chi connectivity index (χ4n) is 2.37. The topological polar surface area (TPSA) is 72.9 Å². The van der Waals surface area contributed by atoms with Gasteiger partial charge in [-0.2, -0.15) is 0 Å². The first-order chi connectivity index (χ1) is 8.92. The molecule has 1 saturated heterocycles. The molecule has 2 aromatic rings. The van der Waals surface area contributed by atoms with Gasteiger partial charge in [0.05, 0.1) is 12.7 Å². The lowest BCUT2D eigenvalue weighted by molar-refractivity contribution is 0.191. The average molecular weight is 248 g/mol. The standard InChI is InChI=1S/C11H16N6O/c1-4-16(6-7-17-9-13-14-15-17)5-2-10(1)11-12-3-8-18-11/h3,8-10H,1-2,4-7H2. The molecule has 0 saturated carbocycles. The van der Waals surface area contributed by atoms with E-state index in [4.69, 9.17) is 4.42 Å². The molecule has 0 atom stereocenters. The number of hydrogen-bond donors (Lipinski definition) is 0. The number of nitrogens with zero attached hydrogens (tertiary/aromatic N) is 6. The minimum Gasteiger partial charge on any atom is -0.449 e. The van der Waals surface area contributed by atoms with E-state index < -0.39 is 0 Å². The van der Waals surface area contributed by atoms with Crippen molar-refractivity contribution in [3.63, 3.8) is 0 Å². The largest absolute Gasteiger partial charge is 0.449 e. The van der Waals surface area contributed by atoms with Crippen LogP contribution in [0.4, 0.5) is 0 Å². The maximum atomic E-state index is 5.37. The summed E-state index contributed by atoms with van der Waals surface area (Å²) in [6.45, 7) is 3.99. The zero-order valence-corrected chi connectivity index (χ0v) is 10.1. The molecule has 0 bridgehead atoms. The van der Waals surface area contributed by atoms with Crippen molar-refractivity contribution in [3.05, 3.63) is 24.7 Å². The van der Waals surface area contributed by atoms with E-state index >= 15 is 0 Å². The Hall–Kier alpha value is -1.76. The van der Waals surface area contributed by atoms with Gasteiger partial charge in [0.2, 0.25) is 0 Å². The third kappa shape index (κ3) is 2.56. The number of rotatable bonds is 4. The summed E-state index contributed by atoms with van der Waals surface area (Å²) in [5.74, 6) is 1.36. The van der Waals surface area contributed by atoms with Crippen molar-refractivity contribution in [2.45, 2.75) is 25.3 Å². The molecule has 96 valence electrons. The summed E-state index contributed by atoms with van der Waals surface area (Å²) in [5, 5.41) is 11.1. The molecule has 0 spiro atoms. The molecule has 0 radical (unpaired) electrons. The zero-order chi connectivity index (χ0) is 12.2. The van der Waals surface area contributed by atoms with Crippen molar-refractivity contribution in [1.82, 2.24) is 30.1 Å². The van der Waals surface area contributed by atoms with Gasteiger partial charge in [-0.05, 0) is 36.4 Å². The second-order valence-electron chi connectivity index (χ2n) is 4.56. The van der Waals surface area contributed by atoms with Gasteiger partial charge in [0.25, 0.3) is 0 Å². The second kappa shape index (κ2) is 5.26. The van der Waals surface area contributed by atoms with Crippen LogP contribution in [0.3, 0.4) is 0 Å². The summed E-state index contributed by atoms with van der Waals surface area (Å²) in [4.78, 5) is 6.67. The van der Waals surface area contributed by atoms with E-state index in [1.54, 1.807) is 23.5 Å². The summed E-state index contributed by atoms with van der Waals surface area (Å²) >= 11 is 0. The molecule has 1 aliphatic rings. The normalized spacial score (nSPS) is 18.2. The second-order valence-corrected chi connectivity index (χ2v) is 4.56. The van der Waals surface area contributed by atoms with Gasteiger partial charge in [-0.15, -0.1) is 5.10 Å². The van der Waals surface area contributed by atoms with Crippen LogP contribution in [-0.2, 0) is 6.54 Å². The van der Waals surface area contributed by atoms with Crippen LogP contribution in [0, 0.1) is 0 Å². The predicted octanol–water partition coefficient (Wildman–Crippen LogP) is 0.541. The van der Waals surface area contributed by atoms with E-state index in [9.17, 15) is 0 Å². The predicted molar refractivity (Wildman–Crippen MR) is 62.7 cm³/mol. The van der Waals surface area contributed by atoms with Crippen LogP contribution in [0.15, 0.2) is 23.2 Å². The minimum atomic E-state index is 0.476. The van der Waals surface area contributed by atoms with E-state index in [1.165, 1.54) is 0 Å². The molecule has 3 rings (SSSR count). The van der Waals surface area contributed by atoms with Crippen molar-refractivity contribution >= 4 is 0 Å². The molecule has 18 heavy (non-hydrogen) atoms. The number of hydrogen-bond acceptors (Lipinski definition) is 6. The van der Waals surface area contributed by atoms with E-state index in [1.807, 2.05) is 0 Å². The highest BCUT2D eigenvalue weighted by Gasteiger charge is 2.23. The molecule has 0 aromatic carbocycles. The molecule has 7 heteroatoms. The van der Waals surface area contributed by atoms with Crippen LogP contribution < -0.4 is 0 Å². The third-order valence-electron chi connectivity index (χ3n) is 3.43. The Kier molecular flexibility index (Phi) is 3.31. The molecule has 0 unspecified atom stereocenters. The quantitative estimate of drug-likeness (QED) is 0.786. The van der Waals surface area contributed by atoms with Gasteiger partial charge < -0.3 is 9.32 Å². The first-order valence-corrected chi connectivity index (χ1v) is 6.24. The highest BCUT2D eigenvalue weighted by molar-refractivity contribution is 4.94. The Labute approximate surface area is 105 Å². The van der Waals surface area contributed by atoms with Crippen LogP contribution in [0.1, 0.15) is 24.7 Å². The summed E-state index contributed by atoms with van der Waals surface area (Å²) in [6.07, 6.45) is 7.24. The lowest BCUT2D eigenvalue weighted by Gasteiger charge is -2.30. The Morgan fingerprint density at radius 3 is 2.83 bits per heavy atom. The Bertz CT molecular complexity index is 446. The Balaban J connectivity index is 1.45. The van der Waals surface area contributed by atoms with Crippen molar-refractivity contribution in [2.75, 3.05) is 19.6 Å². The third-order valence-corrected chi connectivity index (χ3v) is 3.43. The SMILES string of the molecule is c1coc(C2CCN(CCn3cnnn3)CC2)n1. The van der Waals surface area contributed by atoms with Crippen LogP contribution in [0.25, 0.3) is 0 Å². The van der Waals surface area contributed by atoms with Crippen molar-refractivity contribution in [2.24, 2.45) is 0 Å². The minimum absolute atomic E-state index is 0.476. The van der Waals surface area contributed by atoms with Crippen LogP contribution in [0.2, 0.25) is 0 Å². The van der Waals surface area contributed by atoms with E-state index in [0.29, 0.717) is 5.92 Å². The number of aromatic nitrogens is 5. The fraction of sp³-hybridized carbons (Fsp3) is 0.636. The van der Waals surface area contributed by atoms with E-state index in [-0.39, 0.29) is 0 Å². The van der Waals surface area contributed by atoms with Gasteiger partial charge >= 0.3 is 0 Å². The summed E-state index contributed by atoms with van der Waals surface area (Å²) < 4.78 is 7.13. The molecule has 0 amide bonds. The van der Waals surface area contributed by atoms with Crippen molar-refractivity contribution in [1.29, 1.82) is 0 Å². The van der Waals surface area contributed by atoms with Gasteiger partial charge in [-0.1, -0.05) is 0 Å². The van der Waals surface area contributed by atoms with Gasteiger partial charge in [-0.25, -0.2) is 9.67 Å². The molecule has 1 fully saturated rings. The smallest absolute Gasteiger partial charge is 0.197 e. The zero-order valence-electron chi connectivity index (χ0n) is 10.1. The molecule has 0 aliphatic carbocycles. The van der Waals surface area contributed by atoms with Crippen LogP contribution in [0.5, 0.6) is 0 Å². The lowest BCUT2D eigenvalue weighted by Crippen LogP contribution is -2.35. The summed E-state index contributed by atoms with van der Waals surface area (Å²) in [6, 6.07) is 0. The van der Waals surface area contributed by atoms with E-state index in [2.05, 4.69) is 25.4 Å². The maximum Gasteiger partial charge on any atom is 0.197 e. The molecule has 7 nitrogen and oxygen atoms in total. The van der Waals surface area contributed by atoms with Crippen LogP contribution >= 0.6 is 0 Å². The van der Waals surface area contributed by atoms with Gasteiger partial charge in [0.1, 0.15) is 12.6 Å². The Morgan fingerprint density at radius 1 is 1.28 bits per heavy atom. The van der Waals surface area contributed by atoms with E-state index in [0.717, 1.165) is 44.9 Å². The lowest BCUT2D eigenvalue weighted by atomic mass is 9.97. The number of likely N-dealkylation sites (tertiary alicyclic amines) is 1. The maximum absolute atomic E-state index is 5.37. The highest BCUT2D eigenvalue weighted by atomic mass is 16.3. The molecule has 3 heterocycles. The molecule has 2 aromatic heterocycles. The number of tetrazole rings is 1. The van der Waals surface area contributed by atoms with Crippen molar-refractivity contribution in [3.8, 4) is 0 Å². The van der Waals surface area contributed by atoms with Gasteiger partial charge in [-0.3, -0.25) is 0 Å².